The summed E-state index contributed by atoms with van der Waals surface area (Å²) in [5.74, 6) is -4.44. The summed E-state index contributed by atoms with van der Waals surface area (Å²) in [4.78, 5) is 42.4. The van der Waals surface area contributed by atoms with E-state index in [9.17, 15) is 19.2 Å². The maximum absolute atomic E-state index is 10.6. The minimum Gasteiger partial charge on any atom is -0.478 e. The molecule has 0 atom stereocenters. The topological polar surface area (TPSA) is 149 Å². The minimum absolute atomic E-state index is 0. The van der Waals surface area contributed by atoms with Gasteiger partial charge < -0.3 is 20.4 Å². The van der Waals surface area contributed by atoms with Gasteiger partial charge in [0.2, 0.25) is 0 Å². The third-order valence-electron chi connectivity index (χ3n) is 3.59. The van der Waals surface area contributed by atoms with Gasteiger partial charge >= 0.3 is 23.9 Å². The quantitative estimate of drug-likeness (QED) is 0.634. The lowest BCUT2D eigenvalue weighted by Gasteiger charge is -2.03. The van der Waals surface area contributed by atoms with Crippen LogP contribution in [0.25, 0.3) is 0 Å². The van der Waals surface area contributed by atoms with Crippen LogP contribution in [0.2, 0.25) is 0 Å². The Morgan fingerprint density at radius 3 is 0.889 bits per heavy atom. The SMILES string of the molecule is C.Cc1c(C(=O)O)cccc1C(=O)O.Cc1c(C(=O)O)cccc1C(=O)O. The predicted octanol–water partition coefficient (Wildman–Crippen LogP) is 3.42. The third kappa shape index (κ3) is 5.67. The van der Waals surface area contributed by atoms with Crippen molar-refractivity contribution in [2.75, 3.05) is 0 Å². The summed E-state index contributed by atoms with van der Waals surface area (Å²) in [6.45, 7) is 2.96. The molecular weight excluding hydrogens is 356 g/mol. The normalized spacial score (nSPS) is 9.26. The van der Waals surface area contributed by atoms with Crippen LogP contribution < -0.4 is 0 Å². The Morgan fingerprint density at radius 2 is 0.741 bits per heavy atom. The number of hydrogen-bond acceptors (Lipinski definition) is 4. The zero-order chi connectivity index (χ0) is 20.0. The monoisotopic (exact) mass is 376 g/mol. The van der Waals surface area contributed by atoms with Crippen LogP contribution in [0.4, 0.5) is 0 Å². The van der Waals surface area contributed by atoms with Gasteiger partial charge in [-0.25, -0.2) is 19.2 Å². The van der Waals surface area contributed by atoms with Crippen molar-refractivity contribution in [2.24, 2.45) is 0 Å². The summed E-state index contributed by atoms with van der Waals surface area (Å²) in [6, 6.07) is 8.35. The van der Waals surface area contributed by atoms with E-state index in [0.29, 0.717) is 0 Å². The first-order valence-electron chi connectivity index (χ1n) is 7.20. The highest BCUT2D eigenvalue weighted by Gasteiger charge is 2.14. The van der Waals surface area contributed by atoms with Crippen molar-refractivity contribution in [1.82, 2.24) is 0 Å². The summed E-state index contributed by atoms with van der Waals surface area (Å²) in [5.41, 5.74) is 0.671. The lowest BCUT2D eigenvalue weighted by atomic mass is 10.0. The molecule has 2 rings (SSSR count). The first-order valence-corrected chi connectivity index (χ1v) is 7.20. The van der Waals surface area contributed by atoms with Crippen molar-refractivity contribution in [3.05, 3.63) is 69.8 Å². The number of carboxylic acid groups (broad SMARTS) is 4. The van der Waals surface area contributed by atoms with Gasteiger partial charge in [0.05, 0.1) is 22.3 Å². The average Bonchev–Trinajstić information content (AvgIpc) is 2.54. The van der Waals surface area contributed by atoms with Crippen LogP contribution in [0.1, 0.15) is 60.0 Å². The summed E-state index contributed by atoms with van der Waals surface area (Å²) in [6.07, 6.45) is 0. The Morgan fingerprint density at radius 1 is 0.556 bits per heavy atom. The van der Waals surface area contributed by atoms with Crippen LogP contribution >= 0.6 is 0 Å². The molecule has 0 aliphatic carbocycles. The molecule has 144 valence electrons. The van der Waals surface area contributed by atoms with Gasteiger partial charge in [0.25, 0.3) is 0 Å². The fourth-order valence-corrected chi connectivity index (χ4v) is 2.20. The van der Waals surface area contributed by atoms with E-state index in [1.165, 1.54) is 50.2 Å². The van der Waals surface area contributed by atoms with Crippen molar-refractivity contribution in [3.8, 4) is 0 Å². The van der Waals surface area contributed by atoms with Gasteiger partial charge in [-0.1, -0.05) is 19.6 Å². The summed E-state index contributed by atoms with van der Waals surface area (Å²) in [7, 11) is 0. The van der Waals surface area contributed by atoms with E-state index in [2.05, 4.69) is 0 Å². The molecule has 0 aliphatic heterocycles. The van der Waals surface area contributed by atoms with E-state index in [4.69, 9.17) is 20.4 Å². The van der Waals surface area contributed by atoms with Gasteiger partial charge in [-0.3, -0.25) is 0 Å². The molecule has 0 aliphatic rings. The zero-order valence-electron chi connectivity index (χ0n) is 13.9. The molecule has 0 aromatic heterocycles. The Hall–Kier alpha value is -3.68. The van der Waals surface area contributed by atoms with Crippen LogP contribution in [0.15, 0.2) is 36.4 Å². The van der Waals surface area contributed by atoms with Crippen LogP contribution in [0, 0.1) is 13.8 Å². The first-order chi connectivity index (χ1) is 12.1. The molecule has 0 saturated heterocycles. The van der Waals surface area contributed by atoms with Crippen molar-refractivity contribution in [3.63, 3.8) is 0 Å². The Kier molecular flexibility index (Phi) is 8.39. The Labute approximate surface area is 155 Å². The van der Waals surface area contributed by atoms with Crippen LogP contribution in [-0.4, -0.2) is 44.3 Å². The second-order valence-corrected chi connectivity index (χ2v) is 5.18. The highest BCUT2D eigenvalue weighted by molar-refractivity contribution is 5.97. The second-order valence-electron chi connectivity index (χ2n) is 5.18. The molecule has 0 bridgehead atoms. The number of carboxylic acids is 4. The number of aromatic carboxylic acids is 4. The van der Waals surface area contributed by atoms with E-state index >= 15 is 0 Å². The molecule has 0 heterocycles. The van der Waals surface area contributed by atoms with E-state index in [1.54, 1.807) is 0 Å². The number of carbonyl (C=O) groups is 4. The first kappa shape index (κ1) is 23.3. The fourth-order valence-electron chi connectivity index (χ4n) is 2.20. The minimum atomic E-state index is -1.11. The Bertz CT molecular complexity index is 745. The molecule has 0 amide bonds. The van der Waals surface area contributed by atoms with Crippen molar-refractivity contribution < 1.29 is 39.6 Å². The van der Waals surface area contributed by atoms with Crippen molar-refractivity contribution >= 4 is 23.9 Å². The molecule has 0 saturated carbocycles. The average molecular weight is 376 g/mol. The molecule has 0 spiro atoms. The number of hydrogen-bond donors (Lipinski definition) is 4. The number of rotatable bonds is 4. The van der Waals surface area contributed by atoms with E-state index in [-0.39, 0.29) is 40.8 Å². The molecular formula is C19H20O8. The molecule has 0 fully saturated rings. The largest absolute Gasteiger partial charge is 0.478 e. The Balaban J connectivity index is 0.000000483. The molecule has 8 heteroatoms. The summed E-state index contributed by atoms with van der Waals surface area (Å²) in [5, 5.41) is 34.7. The van der Waals surface area contributed by atoms with E-state index in [1.807, 2.05) is 0 Å². The van der Waals surface area contributed by atoms with E-state index < -0.39 is 23.9 Å². The highest BCUT2D eigenvalue weighted by atomic mass is 16.4. The fraction of sp³-hybridized carbons (Fsp3) is 0.158. The van der Waals surface area contributed by atoms with Crippen LogP contribution in [0.5, 0.6) is 0 Å². The summed E-state index contributed by atoms with van der Waals surface area (Å²) < 4.78 is 0. The van der Waals surface area contributed by atoms with Gasteiger partial charge in [0.15, 0.2) is 0 Å². The number of benzene rings is 2. The standard InChI is InChI=1S/2C9H8O4.CH4/c2*1-5-6(8(10)11)3-2-4-7(5)9(12)13;/h2*2-4H,1H3,(H,10,11)(H,12,13);1H4. The van der Waals surface area contributed by atoms with Gasteiger partial charge in [-0.05, 0) is 49.2 Å². The molecule has 27 heavy (non-hydrogen) atoms. The third-order valence-corrected chi connectivity index (χ3v) is 3.59. The molecule has 8 nitrogen and oxygen atoms in total. The van der Waals surface area contributed by atoms with Crippen molar-refractivity contribution in [2.45, 2.75) is 21.3 Å². The molecule has 0 radical (unpaired) electrons. The lowest BCUT2D eigenvalue weighted by molar-refractivity contribution is 0.0674. The van der Waals surface area contributed by atoms with E-state index in [0.717, 1.165) is 0 Å². The molecule has 0 unspecified atom stereocenters. The van der Waals surface area contributed by atoms with Gasteiger partial charge in [-0.15, -0.1) is 0 Å². The predicted molar refractivity (Wildman–Crippen MR) is 96.9 cm³/mol. The van der Waals surface area contributed by atoms with Crippen LogP contribution in [0.3, 0.4) is 0 Å². The maximum atomic E-state index is 10.6. The maximum Gasteiger partial charge on any atom is 0.335 e. The second kappa shape index (κ2) is 9.71. The smallest absolute Gasteiger partial charge is 0.335 e. The van der Waals surface area contributed by atoms with Gasteiger partial charge in [0, 0.05) is 0 Å². The molecule has 2 aromatic carbocycles. The lowest BCUT2D eigenvalue weighted by Crippen LogP contribution is -2.06. The van der Waals surface area contributed by atoms with Crippen molar-refractivity contribution in [1.29, 1.82) is 0 Å². The molecule has 2 aromatic rings. The molecule has 4 N–H and O–H groups in total. The highest BCUT2D eigenvalue weighted by Crippen LogP contribution is 2.14. The van der Waals surface area contributed by atoms with Gasteiger partial charge in [-0.2, -0.15) is 0 Å². The van der Waals surface area contributed by atoms with Gasteiger partial charge in [0.1, 0.15) is 0 Å². The zero-order valence-corrected chi connectivity index (χ0v) is 13.9. The van der Waals surface area contributed by atoms with Crippen LogP contribution in [-0.2, 0) is 0 Å². The summed E-state index contributed by atoms with van der Waals surface area (Å²) >= 11 is 0.